The molecule has 4 rings (SSSR count). The molecule has 31 heavy (non-hydrogen) atoms. The van der Waals surface area contributed by atoms with E-state index in [1.54, 1.807) is 0 Å². The molecule has 0 aromatic heterocycles. The van der Waals surface area contributed by atoms with E-state index in [-0.39, 0.29) is 19.1 Å². The van der Waals surface area contributed by atoms with Crippen LogP contribution in [0.25, 0.3) is 0 Å². The molecule has 0 spiro atoms. The predicted octanol–water partition coefficient (Wildman–Crippen LogP) is 2.54. The Morgan fingerprint density at radius 3 is 2.71 bits per heavy atom. The van der Waals surface area contributed by atoms with Crippen molar-refractivity contribution in [1.29, 1.82) is 0 Å². The van der Waals surface area contributed by atoms with Gasteiger partial charge in [-0.1, -0.05) is 54.1 Å². The number of benzene rings is 2. The number of cyclic esters (lactones) is 1. The van der Waals surface area contributed by atoms with Crippen LogP contribution in [0, 0.1) is 13.8 Å². The fourth-order valence-corrected chi connectivity index (χ4v) is 3.97. The van der Waals surface area contributed by atoms with Gasteiger partial charge in [-0.25, -0.2) is 9.59 Å². The molecule has 2 aromatic rings. The molecule has 0 bridgehead atoms. The number of urea groups is 1. The maximum atomic E-state index is 12.9. The zero-order chi connectivity index (χ0) is 22.0. The third kappa shape index (κ3) is 4.30. The Bertz CT molecular complexity index is 1060. The zero-order valence-corrected chi connectivity index (χ0v) is 17.6. The summed E-state index contributed by atoms with van der Waals surface area (Å²) in [5.74, 6) is -0.752. The third-order valence-corrected chi connectivity index (χ3v) is 5.62. The van der Waals surface area contributed by atoms with Crippen LogP contribution in [0.4, 0.5) is 4.79 Å². The highest BCUT2D eigenvalue weighted by Crippen LogP contribution is 2.36. The van der Waals surface area contributed by atoms with Gasteiger partial charge in [0, 0.05) is 6.54 Å². The van der Waals surface area contributed by atoms with E-state index in [9.17, 15) is 14.4 Å². The van der Waals surface area contributed by atoms with Crippen LogP contribution >= 0.6 is 0 Å². The summed E-state index contributed by atoms with van der Waals surface area (Å²) in [5, 5.41) is 5.73. The number of ether oxygens (including phenoxy) is 1. The highest BCUT2D eigenvalue weighted by atomic mass is 16.5. The van der Waals surface area contributed by atoms with E-state index in [4.69, 9.17) is 4.74 Å². The van der Waals surface area contributed by atoms with Crippen molar-refractivity contribution in [2.75, 3.05) is 19.7 Å². The van der Waals surface area contributed by atoms with Gasteiger partial charge >= 0.3 is 12.0 Å². The second kappa shape index (κ2) is 8.63. The van der Waals surface area contributed by atoms with Crippen LogP contribution in [-0.2, 0) is 20.7 Å². The maximum Gasteiger partial charge on any atom is 0.338 e. The van der Waals surface area contributed by atoms with Gasteiger partial charge < -0.3 is 15.4 Å². The van der Waals surface area contributed by atoms with Gasteiger partial charge in [-0.2, -0.15) is 0 Å². The quantitative estimate of drug-likeness (QED) is 0.705. The van der Waals surface area contributed by atoms with Crippen molar-refractivity contribution in [3.63, 3.8) is 0 Å². The predicted molar refractivity (Wildman–Crippen MR) is 115 cm³/mol. The van der Waals surface area contributed by atoms with Gasteiger partial charge in [0.1, 0.15) is 13.2 Å². The van der Waals surface area contributed by atoms with Gasteiger partial charge in [-0.3, -0.25) is 9.69 Å². The van der Waals surface area contributed by atoms with Crippen molar-refractivity contribution in [3.05, 3.63) is 82.1 Å². The summed E-state index contributed by atoms with van der Waals surface area (Å²) in [5.41, 5.74) is 4.82. The van der Waals surface area contributed by atoms with Gasteiger partial charge in [0.15, 0.2) is 0 Å². The molecule has 2 heterocycles. The molecule has 0 fully saturated rings. The summed E-state index contributed by atoms with van der Waals surface area (Å²) in [6, 6.07) is 14.7. The van der Waals surface area contributed by atoms with Crippen LogP contribution in [0.3, 0.4) is 0 Å². The normalized spacial score (nSPS) is 17.9. The van der Waals surface area contributed by atoms with Gasteiger partial charge in [-0.05, 0) is 37.0 Å². The highest BCUT2D eigenvalue weighted by Gasteiger charge is 2.43. The molecule has 3 amide bonds. The molecular formula is C24H25N3O4. The van der Waals surface area contributed by atoms with Crippen LogP contribution < -0.4 is 10.6 Å². The monoisotopic (exact) mass is 419 g/mol. The number of carbonyl (C=O) groups excluding carboxylic acids is 3. The number of nitrogens with zero attached hydrogens (tertiary/aromatic N) is 1. The van der Waals surface area contributed by atoms with E-state index in [0.717, 1.165) is 22.3 Å². The first kappa shape index (κ1) is 20.7. The number of esters is 1. The lowest BCUT2D eigenvalue weighted by Gasteiger charge is -2.33. The number of rotatable bonds is 6. The molecule has 2 aromatic carbocycles. The summed E-state index contributed by atoms with van der Waals surface area (Å²) in [7, 11) is 0. The molecule has 0 saturated carbocycles. The standard InChI is InChI=1S/C24H25N3O4/c1-15-8-9-16(2)18(12-15)22-21-19(14-31-23(21)29)27(24(30)26-22)13-20(28)25-11-10-17-6-4-3-5-7-17/h3-9,12,22H,10-11,13-14H2,1-2H3,(H,25,28)(H,26,30)/t22-/m0/s1. The minimum atomic E-state index is -0.588. The van der Waals surface area contributed by atoms with Crippen molar-refractivity contribution >= 4 is 17.9 Å². The Morgan fingerprint density at radius 2 is 1.94 bits per heavy atom. The lowest BCUT2D eigenvalue weighted by Crippen LogP contribution is -2.50. The lowest BCUT2D eigenvalue weighted by atomic mass is 9.91. The van der Waals surface area contributed by atoms with Crippen molar-refractivity contribution in [1.82, 2.24) is 15.5 Å². The fourth-order valence-electron chi connectivity index (χ4n) is 3.97. The molecule has 160 valence electrons. The summed E-state index contributed by atoms with van der Waals surface area (Å²) >= 11 is 0. The average Bonchev–Trinajstić information content (AvgIpc) is 3.14. The minimum Gasteiger partial charge on any atom is -0.456 e. The molecule has 1 atom stereocenters. The van der Waals surface area contributed by atoms with E-state index in [2.05, 4.69) is 10.6 Å². The second-order valence-corrected chi connectivity index (χ2v) is 7.85. The third-order valence-electron chi connectivity index (χ3n) is 5.62. The Balaban J connectivity index is 1.50. The lowest BCUT2D eigenvalue weighted by molar-refractivity contribution is -0.136. The van der Waals surface area contributed by atoms with E-state index in [0.29, 0.717) is 24.2 Å². The van der Waals surface area contributed by atoms with Crippen LogP contribution in [0.15, 0.2) is 59.8 Å². The number of hydrogen-bond acceptors (Lipinski definition) is 4. The van der Waals surface area contributed by atoms with Gasteiger partial charge in [0.2, 0.25) is 5.91 Å². The minimum absolute atomic E-state index is 0.0136. The summed E-state index contributed by atoms with van der Waals surface area (Å²) in [4.78, 5) is 39.2. The van der Waals surface area contributed by atoms with Gasteiger partial charge in [0.25, 0.3) is 0 Å². The summed E-state index contributed by atoms with van der Waals surface area (Å²) in [6.45, 7) is 4.18. The number of aryl methyl sites for hydroxylation is 2. The van der Waals surface area contributed by atoms with Crippen LogP contribution in [0.1, 0.15) is 28.3 Å². The van der Waals surface area contributed by atoms with Crippen LogP contribution in [-0.4, -0.2) is 42.5 Å². The number of nitrogens with one attached hydrogen (secondary N) is 2. The van der Waals surface area contributed by atoms with E-state index in [1.165, 1.54) is 4.90 Å². The van der Waals surface area contributed by atoms with Crippen LogP contribution in [0.2, 0.25) is 0 Å². The molecule has 0 saturated heterocycles. The van der Waals surface area contributed by atoms with Crippen molar-refractivity contribution in [2.45, 2.75) is 26.3 Å². The Morgan fingerprint density at radius 1 is 1.16 bits per heavy atom. The largest absolute Gasteiger partial charge is 0.456 e. The van der Waals surface area contributed by atoms with Crippen molar-refractivity contribution < 1.29 is 19.1 Å². The topological polar surface area (TPSA) is 87.7 Å². The zero-order valence-electron chi connectivity index (χ0n) is 17.6. The first-order valence-electron chi connectivity index (χ1n) is 10.3. The summed E-state index contributed by atoms with van der Waals surface area (Å²) in [6.07, 6.45) is 0.697. The van der Waals surface area contributed by atoms with Gasteiger partial charge in [0.05, 0.1) is 17.3 Å². The maximum absolute atomic E-state index is 12.9. The Hall–Kier alpha value is -3.61. The molecule has 7 heteroatoms. The van der Waals surface area contributed by atoms with Crippen molar-refractivity contribution in [2.24, 2.45) is 0 Å². The molecule has 2 N–H and O–H groups in total. The smallest absolute Gasteiger partial charge is 0.338 e. The van der Waals surface area contributed by atoms with E-state index < -0.39 is 18.0 Å². The first-order valence-corrected chi connectivity index (χ1v) is 10.3. The molecule has 0 aliphatic carbocycles. The van der Waals surface area contributed by atoms with Crippen molar-refractivity contribution in [3.8, 4) is 0 Å². The molecule has 7 nitrogen and oxygen atoms in total. The first-order chi connectivity index (χ1) is 14.9. The molecule has 0 radical (unpaired) electrons. The molecule has 0 unspecified atom stereocenters. The van der Waals surface area contributed by atoms with Gasteiger partial charge in [-0.15, -0.1) is 0 Å². The Kier molecular flexibility index (Phi) is 5.75. The summed E-state index contributed by atoms with van der Waals surface area (Å²) < 4.78 is 5.24. The molecule has 2 aliphatic rings. The second-order valence-electron chi connectivity index (χ2n) is 7.85. The van der Waals surface area contributed by atoms with E-state index >= 15 is 0 Å². The fraction of sp³-hybridized carbons (Fsp3) is 0.292. The SMILES string of the molecule is Cc1ccc(C)c([C@@H]2NC(=O)N(CC(=O)NCCc3ccccc3)C3=C2C(=O)OC3)c1. The average molecular weight is 419 g/mol. The highest BCUT2D eigenvalue weighted by molar-refractivity contribution is 5.98. The molecular weight excluding hydrogens is 394 g/mol. The number of hydrogen-bond donors (Lipinski definition) is 2. The Labute approximate surface area is 181 Å². The number of carbonyl (C=O) groups is 3. The number of amides is 3. The van der Waals surface area contributed by atoms with Crippen LogP contribution in [0.5, 0.6) is 0 Å². The molecule has 2 aliphatic heterocycles. The van der Waals surface area contributed by atoms with E-state index in [1.807, 2.05) is 62.4 Å².